The number of piperidine rings is 1. The third kappa shape index (κ3) is 3.58. The first-order valence-corrected chi connectivity index (χ1v) is 6.16. The molecule has 88 valence electrons. The lowest BCUT2D eigenvalue weighted by atomic mass is 10.1. The molecule has 1 unspecified atom stereocenters. The fourth-order valence-electron chi connectivity index (χ4n) is 2.28. The van der Waals surface area contributed by atoms with E-state index in [9.17, 15) is 0 Å². The average molecular weight is 219 g/mol. The molecule has 0 spiro atoms. The van der Waals surface area contributed by atoms with Gasteiger partial charge in [-0.2, -0.15) is 0 Å². The first kappa shape index (κ1) is 11.6. The SMILES string of the molecule is CN1CCCC(NCCc2ccccn2)C1. The maximum atomic E-state index is 4.33. The molecule has 0 radical (unpaired) electrons. The number of nitrogens with one attached hydrogen (secondary N) is 1. The Balaban J connectivity index is 1.68. The third-order valence-electron chi connectivity index (χ3n) is 3.16. The summed E-state index contributed by atoms with van der Waals surface area (Å²) in [5.74, 6) is 0. The summed E-state index contributed by atoms with van der Waals surface area (Å²) in [6.45, 7) is 3.47. The van der Waals surface area contributed by atoms with Crippen molar-refractivity contribution in [3.63, 3.8) is 0 Å². The van der Waals surface area contributed by atoms with Crippen LogP contribution in [-0.2, 0) is 6.42 Å². The third-order valence-corrected chi connectivity index (χ3v) is 3.16. The molecule has 0 aromatic carbocycles. The Morgan fingerprint density at radius 2 is 2.44 bits per heavy atom. The minimum atomic E-state index is 0.669. The number of likely N-dealkylation sites (N-methyl/N-ethyl adjacent to an activating group) is 1. The summed E-state index contributed by atoms with van der Waals surface area (Å²) in [5.41, 5.74) is 1.18. The Morgan fingerprint density at radius 1 is 1.50 bits per heavy atom. The molecule has 0 aliphatic carbocycles. The molecule has 0 bridgehead atoms. The van der Waals surface area contributed by atoms with Gasteiger partial charge in [-0.05, 0) is 38.6 Å². The molecule has 2 heterocycles. The topological polar surface area (TPSA) is 28.2 Å². The molecule has 3 nitrogen and oxygen atoms in total. The quantitative estimate of drug-likeness (QED) is 0.827. The molecule has 0 amide bonds. The second-order valence-corrected chi connectivity index (χ2v) is 4.63. The molecule has 0 saturated carbocycles. The van der Waals surface area contributed by atoms with Crippen LogP contribution in [0.3, 0.4) is 0 Å². The molecule has 1 aliphatic rings. The number of hydrogen-bond acceptors (Lipinski definition) is 3. The van der Waals surface area contributed by atoms with Crippen molar-refractivity contribution < 1.29 is 0 Å². The predicted octanol–water partition coefficient (Wildman–Crippen LogP) is 1.31. The normalized spacial score (nSPS) is 22.2. The fraction of sp³-hybridized carbons (Fsp3) is 0.615. The van der Waals surface area contributed by atoms with Crippen LogP contribution in [0.2, 0.25) is 0 Å². The summed E-state index contributed by atoms with van der Waals surface area (Å²) in [6.07, 6.45) is 5.52. The molecule has 1 aliphatic heterocycles. The van der Waals surface area contributed by atoms with Crippen LogP contribution < -0.4 is 5.32 Å². The van der Waals surface area contributed by atoms with E-state index in [4.69, 9.17) is 0 Å². The molecule has 1 aromatic rings. The largest absolute Gasteiger partial charge is 0.312 e. The monoisotopic (exact) mass is 219 g/mol. The van der Waals surface area contributed by atoms with E-state index in [1.54, 1.807) is 0 Å². The van der Waals surface area contributed by atoms with E-state index in [1.165, 1.54) is 31.6 Å². The Kier molecular flexibility index (Phi) is 4.31. The van der Waals surface area contributed by atoms with Gasteiger partial charge in [0.05, 0.1) is 0 Å². The zero-order chi connectivity index (χ0) is 11.2. The minimum absolute atomic E-state index is 0.669. The summed E-state index contributed by atoms with van der Waals surface area (Å²) >= 11 is 0. The predicted molar refractivity (Wildman–Crippen MR) is 66.5 cm³/mol. The summed E-state index contributed by atoms with van der Waals surface area (Å²) in [7, 11) is 2.20. The zero-order valence-electron chi connectivity index (χ0n) is 10.0. The van der Waals surface area contributed by atoms with E-state index in [2.05, 4.69) is 34.4 Å². The van der Waals surface area contributed by atoms with Gasteiger partial charge in [0.15, 0.2) is 0 Å². The Bertz CT molecular complexity index is 299. The number of nitrogens with zero attached hydrogens (tertiary/aromatic N) is 2. The molecule has 1 aromatic heterocycles. The lowest BCUT2D eigenvalue weighted by Crippen LogP contribution is -2.44. The first-order valence-electron chi connectivity index (χ1n) is 6.16. The van der Waals surface area contributed by atoms with E-state index in [0.29, 0.717) is 6.04 Å². The van der Waals surface area contributed by atoms with Crippen molar-refractivity contribution in [2.75, 3.05) is 26.7 Å². The molecule has 16 heavy (non-hydrogen) atoms. The standard InChI is InChI=1S/C13H21N3/c1-16-10-4-6-13(11-16)15-9-7-12-5-2-3-8-14-12/h2-3,5,8,13,15H,4,6-7,9-11H2,1H3. The molecular weight excluding hydrogens is 198 g/mol. The van der Waals surface area contributed by atoms with E-state index >= 15 is 0 Å². The van der Waals surface area contributed by atoms with Gasteiger partial charge in [0, 0.05) is 37.4 Å². The van der Waals surface area contributed by atoms with Crippen molar-refractivity contribution in [3.05, 3.63) is 30.1 Å². The van der Waals surface area contributed by atoms with Gasteiger partial charge in [0.25, 0.3) is 0 Å². The molecule has 1 N–H and O–H groups in total. The van der Waals surface area contributed by atoms with E-state index in [1.807, 2.05) is 12.3 Å². The van der Waals surface area contributed by atoms with E-state index < -0.39 is 0 Å². The average Bonchev–Trinajstić information content (AvgIpc) is 2.30. The zero-order valence-corrected chi connectivity index (χ0v) is 10.0. The second-order valence-electron chi connectivity index (χ2n) is 4.63. The molecule has 1 saturated heterocycles. The van der Waals surface area contributed by atoms with Crippen LogP contribution in [0.1, 0.15) is 18.5 Å². The first-order chi connectivity index (χ1) is 7.84. The summed E-state index contributed by atoms with van der Waals surface area (Å²) < 4.78 is 0. The number of hydrogen-bond donors (Lipinski definition) is 1. The minimum Gasteiger partial charge on any atom is -0.312 e. The molecule has 1 fully saturated rings. The Labute approximate surface area is 97.9 Å². The number of aromatic nitrogens is 1. The smallest absolute Gasteiger partial charge is 0.0416 e. The van der Waals surface area contributed by atoms with E-state index in [-0.39, 0.29) is 0 Å². The van der Waals surface area contributed by atoms with Crippen molar-refractivity contribution in [3.8, 4) is 0 Å². The van der Waals surface area contributed by atoms with Gasteiger partial charge in [0.2, 0.25) is 0 Å². The molecule has 3 heteroatoms. The van der Waals surface area contributed by atoms with Crippen molar-refractivity contribution >= 4 is 0 Å². The number of pyridine rings is 1. The highest BCUT2D eigenvalue weighted by Crippen LogP contribution is 2.07. The highest BCUT2D eigenvalue weighted by molar-refractivity contribution is 5.03. The van der Waals surface area contributed by atoms with Crippen molar-refractivity contribution in [1.29, 1.82) is 0 Å². The van der Waals surface area contributed by atoms with Gasteiger partial charge in [-0.3, -0.25) is 4.98 Å². The van der Waals surface area contributed by atoms with Gasteiger partial charge in [0.1, 0.15) is 0 Å². The van der Waals surface area contributed by atoms with Gasteiger partial charge < -0.3 is 10.2 Å². The Morgan fingerprint density at radius 3 is 3.19 bits per heavy atom. The number of rotatable bonds is 4. The van der Waals surface area contributed by atoms with Gasteiger partial charge in [-0.25, -0.2) is 0 Å². The van der Waals surface area contributed by atoms with Crippen molar-refractivity contribution in [2.45, 2.75) is 25.3 Å². The van der Waals surface area contributed by atoms with Crippen molar-refractivity contribution in [2.24, 2.45) is 0 Å². The van der Waals surface area contributed by atoms with Gasteiger partial charge >= 0.3 is 0 Å². The number of likely N-dealkylation sites (tertiary alicyclic amines) is 1. The lowest BCUT2D eigenvalue weighted by Gasteiger charge is -2.30. The maximum absolute atomic E-state index is 4.33. The molecular formula is C13H21N3. The van der Waals surface area contributed by atoms with Gasteiger partial charge in [-0.1, -0.05) is 6.07 Å². The second kappa shape index (κ2) is 5.97. The fourth-order valence-corrected chi connectivity index (χ4v) is 2.28. The van der Waals surface area contributed by atoms with Crippen LogP contribution in [0.25, 0.3) is 0 Å². The summed E-state index contributed by atoms with van der Waals surface area (Å²) in [5, 5.41) is 3.62. The molecule has 2 rings (SSSR count). The van der Waals surface area contributed by atoms with E-state index in [0.717, 1.165) is 13.0 Å². The summed E-state index contributed by atoms with van der Waals surface area (Å²) in [6, 6.07) is 6.78. The van der Waals surface area contributed by atoms with Crippen LogP contribution in [-0.4, -0.2) is 42.6 Å². The van der Waals surface area contributed by atoms with Crippen LogP contribution in [0, 0.1) is 0 Å². The Hall–Kier alpha value is -0.930. The van der Waals surface area contributed by atoms with Crippen LogP contribution >= 0.6 is 0 Å². The van der Waals surface area contributed by atoms with Crippen molar-refractivity contribution in [1.82, 2.24) is 15.2 Å². The van der Waals surface area contributed by atoms with Crippen LogP contribution in [0.15, 0.2) is 24.4 Å². The maximum Gasteiger partial charge on any atom is 0.0416 e. The van der Waals surface area contributed by atoms with Crippen LogP contribution in [0.4, 0.5) is 0 Å². The lowest BCUT2D eigenvalue weighted by molar-refractivity contribution is 0.228. The summed E-state index contributed by atoms with van der Waals surface area (Å²) in [4.78, 5) is 6.73. The highest BCUT2D eigenvalue weighted by Gasteiger charge is 2.15. The molecule has 1 atom stereocenters. The highest BCUT2D eigenvalue weighted by atomic mass is 15.1. The van der Waals surface area contributed by atoms with Crippen LogP contribution in [0.5, 0.6) is 0 Å². The van der Waals surface area contributed by atoms with Gasteiger partial charge in [-0.15, -0.1) is 0 Å².